The first-order chi connectivity index (χ1) is 39.6. The van der Waals surface area contributed by atoms with Crippen LogP contribution in [0.5, 0.6) is 0 Å². The van der Waals surface area contributed by atoms with Crippen molar-refractivity contribution in [2.75, 3.05) is 13.2 Å². The monoisotopic (exact) mass is 1120 g/mol. The number of carboxylic acids is 1. The van der Waals surface area contributed by atoms with Gasteiger partial charge in [0.1, 0.15) is 18.8 Å². The summed E-state index contributed by atoms with van der Waals surface area (Å²) in [4.78, 5) is 51.1. The van der Waals surface area contributed by atoms with Gasteiger partial charge in [-0.2, -0.15) is 0 Å². The Hall–Kier alpha value is -5.66. The molecule has 0 saturated carbocycles. The number of aliphatic hydroxyl groups excluding tert-OH is 2. The molecule has 12 nitrogen and oxygen atoms in total. The minimum Gasteiger partial charge on any atom is -0.479 e. The second kappa shape index (κ2) is 54.9. The zero-order valence-corrected chi connectivity index (χ0v) is 49.7. The number of carbonyl (C=O) groups excluding carboxylic acids is 3. The molecule has 1 rings (SSSR count). The second-order valence-corrected chi connectivity index (χ2v) is 19.9. The number of allylic oxidation sites excluding steroid dienone is 26. The molecule has 0 aromatic rings. The summed E-state index contributed by atoms with van der Waals surface area (Å²) in [5, 5.41) is 31.5. The van der Waals surface area contributed by atoms with E-state index >= 15 is 0 Å². The first kappa shape index (κ1) is 73.4. The van der Waals surface area contributed by atoms with Crippen LogP contribution in [0.4, 0.5) is 0 Å². The van der Waals surface area contributed by atoms with Gasteiger partial charge in [-0.1, -0.05) is 217 Å². The Morgan fingerprint density at radius 2 is 0.802 bits per heavy atom. The number of carboxylic acid groups (broad SMARTS) is 1. The van der Waals surface area contributed by atoms with Crippen molar-refractivity contribution in [2.45, 2.75) is 237 Å². The normalized spacial score (nSPS) is 18.9. The number of ether oxygens (including phenoxy) is 5. The van der Waals surface area contributed by atoms with Crippen molar-refractivity contribution in [1.82, 2.24) is 0 Å². The van der Waals surface area contributed by atoms with Crippen molar-refractivity contribution in [3.05, 3.63) is 158 Å². The number of carbonyl (C=O) groups is 4. The lowest BCUT2D eigenvalue weighted by Gasteiger charge is -2.40. The van der Waals surface area contributed by atoms with E-state index in [0.29, 0.717) is 32.1 Å². The molecule has 0 spiro atoms. The van der Waals surface area contributed by atoms with Gasteiger partial charge < -0.3 is 39.0 Å². The van der Waals surface area contributed by atoms with Gasteiger partial charge in [0.25, 0.3) is 0 Å². The summed E-state index contributed by atoms with van der Waals surface area (Å²) in [6, 6.07) is 0. The molecule has 1 saturated heterocycles. The highest BCUT2D eigenvalue weighted by Crippen LogP contribution is 2.26. The van der Waals surface area contributed by atoms with Gasteiger partial charge >= 0.3 is 23.9 Å². The fourth-order valence-electron chi connectivity index (χ4n) is 8.00. The van der Waals surface area contributed by atoms with Crippen LogP contribution in [0.1, 0.15) is 201 Å². The van der Waals surface area contributed by atoms with E-state index in [1.165, 1.54) is 25.7 Å². The number of hydrogen-bond donors (Lipinski definition) is 3. The maximum atomic E-state index is 13.1. The zero-order chi connectivity index (χ0) is 58.9. The van der Waals surface area contributed by atoms with E-state index in [1.807, 2.05) is 30.4 Å². The van der Waals surface area contributed by atoms with Crippen molar-refractivity contribution in [2.24, 2.45) is 0 Å². The molecule has 12 heteroatoms. The minimum absolute atomic E-state index is 0.0745. The molecule has 1 heterocycles. The van der Waals surface area contributed by atoms with Crippen LogP contribution in [0.25, 0.3) is 0 Å². The van der Waals surface area contributed by atoms with E-state index in [0.717, 1.165) is 103 Å². The number of aliphatic hydroxyl groups is 2. The number of esters is 3. The maximum absolute atomic E-state index is 13.1. The third-order valence-corrected chi connectivity index (χ3v) is 12.6. The van der Waals surface area contributed by atoms with Crippen LogP contribution in [0, 0.1) is 0 Å². The summed E-state index contributed by atoms with van der Waals surface area (Å²) in [5.74, 6) is -3.38. The molecule has 452 valence electrons. The number of rotatable bonds is 49. The molecular weight excluding hydrogens is 1020 g/mol. The molecule has 1 fully saturated rings. The van der Waals surface area contributed by atoms with E-state index in [1.54, 1.807) is 0 Å². The highest BCUT2D eigenvalue weighted by molar-refractivity contribution is 5.74. The van der Waals surface area contributed by atoms with E-state index in [2.05, 4.69) is 148 Å². The van der Waals surface area contributed by atoms with Gasteiger partial charge in [-0.15, -0.1) is 0 Å². The van der Waals surface area contributed by atoms with Crippen LogP contribution in [0.15, 0.2) is 158 Å². The van der Waals surface area contributed by atoms with Crippen molar-refractivity contribution < 1.29 is 58.2 Å². The van der Waals surface area contributed by atoms with Crippen molar-refractivity contribution in [3.8, 4) is 0 Å². The van der Waals surface area contributed by atoms with E-state index in [4.69, 9.17) is 23.7 Å². The molecule has 0 aromatic heterocycles. The third-order valence-electron chi connectivity index (χ3n) is 12.6. The summed E-state index contributed by atoms with van der Waals surface area (Å²) in [6.07, 6.45) is 68.0. The standard InChI is InChI=1S/C69H104O12/c1-4-7-10-13-16-19-22-25-27-29-31-33-35-38-40-43-46-49-52-55-61(70)77-58-60(79-62(71)56-53-50-47-44-41-37-24-21-18-15-12-9-6-3)59-78-69-67(65(74)64(73)66(81-69)68(75)76)80-63(72)57-54-51-48-45-42-39-36-34-32-30-28-26-23-20-17-14-11-8-5-2/h7-8,10-11,16-17,19-21,24-28,31-34,38-40,42,46,48-49,51,60,64-67,69,73-74H,4-6,9,12-15,18,22-23,29-30,35-37,41,43-45,47,50,52-59H2,1-3H3,(H,75,76)/b10-7-,11-8-,19-16-,20-17-,24-21-,27-25-,28-26-,33-31-,34-32-,40-38-,42-39-,49-46-,51-48-. The first-order valence-corrected chi connectivity index (χ1v) is 30.5. The van der Waals surface area contributed by atoms with Gasteiger partial charge in [0, 0.05) is 19.3 Å². The topological polar surface area (TPSA) is 175 Å². The number of unbranched alkanes of at least 4 members (excludes halogenated alkanes) is 9. The molecule has 1 aliphatic rings. The molecular formula is C69H104O12. The summed E-state index contributed by atoms with van der Waals surface area (Å²) in [7, 11) is 0. The highest BCUT2D eigenvalue weighted by atomic mass is 16.7. The molecule has 81 heavy (non-hydrogen) atoms. The average molecular weight is 1130 g/mol. The van der Waals surface area contributed by atoms with Gasteiger partial charge in [0.15, 0.2) is 24.6 Å². The predicted octanol–water partition coefficient (Wildman–Crippen LogP) is 16.1. The Kier molecular flexibility index (Phi) is 49.7. The maximum Gasteiger partial charge on any atom is 0.335 e. The van der Waals surface area contributed by atoms with Crippen LogP contribution in [0.3, 0.4) is 0 Å². The van der Waals surface area contributed by atoms with Crippen LogP contribution in [0.2, 0.25) is 0 Å². The molecule has 1 aliphatic heterocycles. The van der Waals surface area contributed by atoms with Crippen molar-refractivity contribution >= 4 is 23.9 Å². The van der Waals surface area contributed by atoms with Crippen LogP contribution < -0.4 is 0 Å². The molecule has 3 N–H and O–H groups in total. The Morgan fingerprint density at radius 1 is 0.420 bits per heavy atom. The molecule has 6 atom stereocenters. The zero-order valence-electron chi connectivity index (χ0n) is 49.7. The van der Waals surface area contributed by atoms with E-state index in [-0.39, 0.29) is 25.9 Å². The number of aliphatic carboxylic acids is 1. The minimum atomic E-state index is -1.95. The summed E-state index contributed by atoms with van der Waals surface area (Å²) in [5.41, 5.74) is 0. The molecule has 0 aromatic carbocycles. The van der Waals surface area contributed by atoms with Crippen LogP contribution >= 0.6 is 0 Å². The van der Waals surface area contributed by atoms with Crippen molar-refractivity contribution in [1.29, 1.82) is 0 Å². The van der Waals surface area contributed by atoms with Gasteiger partial charge in [-0.05, 0) is 122 Å². The quantitative estimate of drug-likeness (QED) is 0.0228. The lowest BCUT2D eigenvalue weighted by Crippen LogP contribution is -2.61. The van der Waals surface area contributed by atoms with Gasteiger partial charge in [0.05, 0.1) is 6.61 Å². The van der Waals surface area contributed by atoms with Crippen LogP contribution in [-0.2, 0) is 42.9 Å². The summed E-state index contributed by atoms with van der Waals surface area (Å²) in [6.45, 7) is 5.63. The first-order valence-electron chi connectivity index (χ1n) is 30.5. The molecule has 6 unspecified atom stereocenters. The predicted molar refractivity (Wildman–Crippen MR) is 330 cm³/mol. The lowest BCUT2D eigenvalue weighted by molar-refractivity contribution is -0.301. The Labute approximate surface area is 488 Å². The van der Waals surface area contributed by atoms with Gasteiger partial charge in [0.2, 0.25) is 0 Å². The molecule has 0 amide bonds. The molecule has 0 aliphatic carbocycles. The van der Waals surface area contributed by atoms with E-state index < -0.39 is 67.3 Å². The van der Waals surface area contributed by atoms with Gasteiger partial charge in [-0.3, -0.25) is 14.4 Å². The average Bonchev–Trinajstić information content (AvgIpc) is 3.45. The lowest BCUT2D eigenvalue weighted by atomic mass is 9.98. The summed E-state index contributed by atoms with van der Waals surface area (Å²) >= 11 is 0. The SMILES string of the molecule is CC/C=C\C/C=C\C/C=C\C/C=C\C/C=C\C/C=C\CCC(=O)OCC(COC1OC(C(=O)O)C(O)C(O)C1OC(=O)CC/C=C\C/C=C\C/C=C\C/C=C\C/C=C\C/C=C\CC)OC(=O)CCCCCCC/C=C\CCCCCC. The molecule has 0 radical (unpaired) electrons. The largest absolute Gasteiger partial charge is 0.479 e. The van der Waals surface area contributed by atoms with E-state index in [9.17, 15) is 34.5 Å². The smallest absolute Gasteiger partial charge is 0.335 e. The Morgan fingerprint density at radius 3 is 1.23 bits per heavy atom. The van der Waals surface area contributed by atoms with Crippen LogP contribution in [-0.4, -0.2) is 89.2 Å². The Balaban J connectivity index is 2.78. The fraction of sp³-hybridized carbons (Fsp3) is 0.565. The Bertz CT molecular complexity index is 2010. The molecule has 0 bridgehead atoms. The summed E-state index contributed by atoms with van der Waals surface area (Å²) < 4.78 is 28.3. The fourth-order valence-corrected chi connectivity index (χ4v) is 8.00. The highest BCUT2D eigenvalue weighted by Gasteiger charge is 2.50. The second-order valence-electron chi connectivity index (χ2n) is 19.9. The van der Waals surface area contributed by atoms with Gasteiger partial charge in [-0.25, -0.2) is 4.79 Å². The van der Waals surface area contributed by atoms with Crippen molar-refractivity contribution in [3.63, 3.8) is 0 Å². The third kappa shape index (κ3) is 44.7. The number of hydrogen-bond acceptors (Lipinski definition) is 11.